The van der Waals surface area contributed by atoms with Gasteiger partial charge in [0.1, 0.15) is 0 Å². The second kappa shape index (κ2) is 5.68. The Kier molecular flexibility index (Phi) is 3.28. The van der Waals surface area contributed by atoms with E-state index >= 15 is 0 Å². The Morgan fingerprint density at radius 3 is 2.33 bits per heavy atom. The maximum absolute atomic E-state index is 12.9. The van der Waals surface area contributed by atoms with Crippen molar-refractivity contribution < 1.29 is 4.79 Å². The van der Waals surface area contributed by atoms with Gasteiger partial charge in [0.15, 0.2) is 5.78 Å². The van der Waals surface area contributed by atoms with Gasteiger partial charge < -0.3 is 4.98 Å². The summed E-state index contributed by atoms with van der Waals surface area (Å²) in [5.41, 5.74) is 4.65. The molecule has 0 unspecified atom stereocenters. The van der Waals surface area contributed by atoms with E-state index in [2.05, 4.69) is 4.98 Å². The number of rotatable bonds is 2. The minimum atomic E-state index is -0.188. The molecule has 0 atom stereocenters. The molecule has 3 aromatic carbocycles. The van der Waals surface area contributed by atoms with Gasteiger partial charge in [-0.25, -0.2) is 4.79 Å². The van der Waals surface area contributed by atoms with Crippen LogP contribution in [0.5, 0.6) is 0 Å². The first-order chi connectivity index (χ1) is 13.2. The molecular formula is C23H16N2O2. The zero-order valence-corrected chi connectivity index (χ0v) is 14.7. The molecule has 0 fully saturated rings. The summed E-state index contributed by atoms with van der Waals surface area (Å²) in [5.74, 6) is 0.00294. The normalized spacial score (nSPS) is 11.4. The summed E-state index contributed by atoms with van der Waals surface area (Å²) < 4.78 is 1.71. The number of para-hydroxylation sites is 2. The highest BCUT2D eigenvalue weighted by Crippen LogP contribution is 2.39. The number of H-pyrrole nitrogens is 1. The molecule has 5 aromatic rings. The van der Waals surface area contributed by atoms with E-state index < -0.39 is 0 Å². The topological polar surface area (TPSA) is 54.3 Å². The van der Waals surface area contributed by atoms with Crippen LogP contribution in [0, 0.1) is 0 Å². The molecule has 0 saturated carbocycles. The highest BCUT2D eigenvalue weighted by molar-refractivity contribution is 6.16. The van der Waals surface area contributed by atoms with Gasteiger partial charge in [0.05, 0.1) is 16.6 Å². The van der Waals surface area contributed by atoms with Crippen LogP contribution in [-0.4, -0.2) is 15.2 Å². The van der Waals surface area contributed by atoms with Gasteiger partial charge in [-0.3, -0.25) is 9.20 Å². The molecule has 0 spiro atoms. The number of nitrogens with one attached hydrogen (secondary N) is 1. The van der Waals surface area contributed by atoms with Crippen LogP contribution in [0.4, 0.5) is 0 Å². The molecule has 0 radical (unpaired) electrons. The van der Waals surface area contributed by atoms with Gasteiger partial charge >= 0.3 is 5.69 Å². The van der Waals surface area contributed by atoms with Crippen molar-refractivity contribution in [1.29, 1.82) is 0 Å². The molecular weight excluding hydrogens is 336 g/mol. The number of aromatic amines is 1. The third kappa shape index (κ3) is 2.16. The zero-order valence-electron chi connectivity index (χ0n) is 14.7. The van der Waals surface area contributed by atoms with Gasteiger partial charge in [0, 0.05) is 21.9 Å². The molecule has 0 aliphatic carbocycles. The molecule has 0 amide bonds. The lowest BCUT2D eigenvalue weighted by Crippen LogP contribution is -2.15. The van der Waals surface area contributed by atoms with Crippen molar-refractivity contribution in [3.05, 3.63) is 88.8 Å². The van der Waals surface area contributed by atoms with Crippen molar-refractivity contribution in [3.8, 4) is 11.1 Å². The smallest absolute Gasteiger partial charge is 0.307 e. The zero-order chi connectivity index (χ0) is 18.5. The number of aromatic nitrogens is 2. The van der Waals surface area contributed by atoms with E-state index in [1.54, 1.807) is 11.3 Å². The lowest BCUT2D eigenvalue weighted by atomic mass is 9.95. The van der Waals surface area contributed by atoms with Gasteiger partial charge in [-0.15, -0.1) is 0 Å². The molecule has 0 aliphatic rings. The summed E-state index contributed by atoms with van der Waals surface area (Å²) in [6.45, 7) is 1.57. The standard InChI is InChI=1S/C23H16N2O2/c1-14(26)15-8-2-3-9-16(15)21-18-11-5-7-13-20(18)25-22(21)17-10-4-6-12-19(17)24-23(25)27/h2-13H,1H3,(H,24,27). The minimum absolute atomic E-state index is 0.00294. The Morgan fingerprint density at radius 1 is 0.852 bits per heavy atom. The maximum atomic E-state index is 12.9. The van der Waals surface area contributed by atoms with E-state index in [0.717, 1.165) is 38.4 Å². The SMILES string of the molecule is CC(=O)c1ccccc1-c1c2ccccc2n2c(=O)[nH]c3ccccc3c12. The molecule has 0 aliphatic heterocycles. The number of carbonyl (C=O) groups is 1. The number of benzene rings is 3. The number of hydrogen-bond acceptors (Lipinski definition) is 2. The summed E-state index contributed by atoms with van der Waals surface area (Å²) >= 11 is 0. The summed E-state index contributed by atoms with van der Waals surface area (Å²) in [6, 6.07) is 23.2. The van der Waals surface area contributed by atoms with Crippen molar-refractivity contribution in [3.63, 3.8) is 0 Å². The molecule has 4 nitrogen and oxygen atoms in total. The molecule has 0 bridgehead atoms. The van der Waals surface area contributed by atoms with Crippen LogP contribution in [0.15, 0.2) is 77.6 Å². The van der Waals surface area contributed by atoms with Gasteiger partial charge in [-0.05, 0) is 24.6 Å². The van der Waals surface area contributed by atoms with Crippen molar-refractivity contribution in [2.45, 2.75) is 6.92 Å². The molecule has 2 aromatic heterocycles. The third-order valence-electron chi connectivity index (χ3n) is 5.08. The predicted molar refractivity (Wildman–Crippen MR) is 108 cm³/mol. The van der Waals surface area contributed by atoms with Crippen LogP contribution in [0.2, 0.25) is 0 Å². The van der Waals surface area contributed by atoms with E-state index in [1.807, 2.05) is 72.8 Å². The Bertz CT molecular complexity index is 1420. The van der Waals surface area contributed by atoms with Crippen LogP contribution in [0.1, 0.15) is 17.3 Å². The fourth-order valence-electron chi connectivity index (χ4n) is 3.96. The van der Waals surface area contributed by atoms with Crippen molar-refractivity contribution in [2.75, 3.05) is 0 Å². The van der Waals surface area contributed by atoms with Gasteiger partial charge in [-0.1, -0.05) is 60.7 Å². The summed E-state index contributed by atoms with van der Waals surface area (Å²) in [6.07, 6.45) is 0. The summed E-state index contributed by atoms with van der Waals surface area (Å²) in [4.78, 5) is 28.2. The molecule has 2 heterocycles. The van der Waals surface area contributed by atoms with Crippen LogP contribution >= 0.6 is 0 Å². The Balaban J connectivity index is 2.13. The van der Waals surface area contributed by atoms with Crippen molar-refractivity contribution in [2.24, 2.45) is 0 Å². The van der Waals surface area contributed by atoms with Crippen LogP contribution in [0.3, 0.4) is 0 Å². The minimum Gasteiger partial charge on any atom is -0.307 e. The fourth-order valence-corrected chi connectivity index (χ4v) is 3.96. The predicted octanol–water partition coefficient (Wildman–Crippen LogP) is 4.80. The molecule has 5 rings (SSSR count). The quantitative estimate of drug-likeness (QED) is 0.464. The third-order valence-corrected chi connectivity index (χ3v) is 5.08. The van der Waals surface area contributed by atoms with Gasteiger partial charge in [-0.2, -0.15) is 0 Å². The number of carbonyl (C=O) groups excluding carboxylic acids is 1. The molecule has 0 saturated heterocycles. The van der Waals surface area contributed by atoms with Crippen molar-refractivity contribution >= 4 is 33.1 Å². The first-order valence-electron chi connectivity index (χ1n) is 8.81. The van der Waals surface area contributed by atoms with Crippen LogP contribution in [0.25, 0.3) is 38.4 Å². The lowest BCUT2D eigenvalue weighted by molar-refractivity contribution is 0.101. The first-order valence-corrected chi connectivity index (χ1v) is 8.81. The van der Waals surface area contributed by atoms with E-state index in [0.29, 0.717) is 5.56 Å². The Morgan fingerprint density at radius 2 is 1.52 bits per heavy atom. The molecule has 27 heavy (non-hydrogen) atoms. The number of ketones is 1. The van der Waals surface area contributed by atoms with E-state index in [1.165, 1.54) is 0 Å². The highest BCUT2D eigenvalue weighted by atomic mass is 16.1. The van der Waals surface area contributed by atoms with E-state index in [-0.39, 0.29) is 11.5 Å². The molecule has 1 N–H and O–H groups in total. The van der Waals surface area contributed by atoms with E-state index in [9.17, 15) is 9.59 Å². The van der Waals surface area contributed by atoms with Crippen LogP contribution < -0.4 is 5.69 Å². The van der Waals surface area contributed by atoms with Crippen LogP contribution in [-0.2, 0) is 0 Å². The molecule has 4 heteroatoms. The lowest BCUT2D eigenvalue weighted by Gasteiger charge is -2.09. The van der Waals surface area contributed by atoms with Crippen molar-refractivity contribution in [1.82, 2.24) is 9.38 Å². The number of fused-ring (bicyclic) bond motifs is 5. The number of Topliss-reactive ketones (excluding diaryl/α,β-unsaturated/α-hetero) is 1. The maximum Gasteiger partial charge on any atom is 0.331 e. The monoisotopic (exact) mass is 352 g/mol. The van der Waals surface area contributed by atoms with Gasteiger partial charge in [0.2, 0.25) is 0 Å². The molecule has 130 valence electrons. The number of hydrogen-bond donors (Lipinski definition) is 1. The largest absolute Gasteiger partial charge is 0.331 e. The second-order valence-corrected chi connectivity index (χ2v) is 6.65. The first kappa shape index (κ1) is 15.6. The summed E-state index contributed by atoms with van der Waals surface area (Å²) in [7, 11) is 0. The highest BCUT2D eigenvalue weighted by Gasteiger charge is 2.20. The summed E-state index contributed by atoms with van der Waals surface area (Å²) in [5, 5.41) is 1.90. The average Bonchev–Trinajstić information content (AvgIpc) is 3.04. The van der Waals surface area contributed by atoms with Gasteiger partial charge in [0.25, 0.3) is 0 Å². The Labute approximate surface area is 154 Å². The van der Waals surface area contributed by atoms with E-state index in [4.69, 9.17) is 0 Å². The number of nitrogens with zero attached hydrogens (tertiary/aromatic N) is 1. The fraction of sp³-hybridized carbons (Fsp3) is 0.0435. The average molecular weight is 352 g/mol. The Hall–Kier alpha value is -3.66. The second-order valence-electron chi connectivity index (χ2n) is 6.65.